The smallest absolute Gasteiger partial charge is 0.171 e. The Hall–Kier alpha value is -1.46. The maximum absolute atomic E-state index is 5.48. The lowest BCUT2D eigenvalue weighted by atomic mass is 10.2. The van der Waals surface area contributed by atoms with E-state index in [0.717, 1.165) is 22.8 Å². The lowest BCUT2D eigenvalue weighted by Crippen LogP contribution is -2.10. The fourth-order valence-electron chi connectivity index (χ4n) is 1.93. The van der Waals surface area contributed by atoms with Crippen LogP contribution in [0.3, 0.4) is 0 Å². The summed E-state index contributed by atoms with van der Waals surface area (Å²) in [5.41, 5.74) is 3.75. The van der Waals surface area contributed by atoms with Crippen LogP contribution in [0.25, 0.3) is 10.7 Å². The average Bonchev–Trinajstić information content (AvgIpc) is 3.16. The molecule has 18 heavy (non-hydrogen) atoms. The predicted octanol–water partition coefficient (Wildman–Crippen LogP) is 2.93. The van der Waals surface area contributed by atoms with Crippen LogP contribution in [0.15, 0.2) is 18.2 Å². The van der Waals surface area contributed by atoms with E-state index in [-0.39, 0.29) is 0 Å². The number of nitrogen functional groups attached to an aromatic ring is 1. The number of hydrogen-bond donors (Lipinski definition) is 2. The summed E-state index contributed by atoms with van der Waals surface area (Å²) in [6.07, 6.45) is 3.51. The molecule has 0 atom stereocenters. The minimum absolute atomic E-state index is 0.601. The van der Waals surface area contributed by atoms with Crippen LogP contribution in [0, 0.1) is 0 Å². The first-order valence-corrected chi connectivity index (χ1v) is 7.06. The molecule has 0 spiro atoms. The molecular weight excluding hydrogens is 244 g/mol. The number of anilines is 1. The normalized spacial score (nSPS) is 14.8. The van der Waals surface area contributed by atoms with Gasteiger partial charge < -0.3 is 5.43 Å². The van der Waals surface area contributed by atoms with Crippen LogP contribution in [-0.2, 0) is 6.42 Å². The van der Waals surface area contributed by atoms with Crippen molar-refractivity contribution in [1.29, 1.82) is 0 Å². The van der Waals surface area contributed by atoms with Crippen LogP contribution < -0.4 is 11.3 Å². The summed E-state index contributed by atoms with van der Waals surface area (Å²) in [4.78, 5) is 11.6. The van der Waals surface area contributed by atoms with Crippen molar-refractivity contribution in [3.63, 3.8) is 0 Å². The van der Waals surface area contributed by atoms with Crippen molar-refractivity contribution < 1.29 is 0 Å². The molecule has 3 rings (SSSR count). The molecule has 0 bridgehead atoms. The Bertz CT molecular complexity index is 560. The van der Waals surface area contributed by atoms with Crippen molar-refractivity contribution in [2.45, 2.75) is 32.1 Å². The highest BCUT2D eigenvalue weighted by Gasteiger charge is 2.26. The third-order valence-electron chi connectivity index (χ3n) is 3.12. The van der Waals surface area contributed by atoms with Gasteiger partial charge in [-0.3, -0.25) is 0 Å². The second-order valence-electron chi connectivity index (χ2n) is 4.54. The predicted molar refractivity (Wildman–Crippen MR) is 74.5 cm³/mol. The van der Waals surface area contributed by atoms with Gasteiger partial charge in [0.25, 0.3) is 0 Å². The summed E-state index contributed by atoms with van der Waals surface area (Å²) in [6, 6.07) is 6.19. The second kappa shape index (κ2) is 4.66. The first-order valence-electron chi connectivity index (χ1n) is 6.25. The zero-order valence-electron chi connectivity index (χ0n) is 10.3. The van der Waals surface area contributed by atoms with E-state index in [1.165, 1.54) is 17.7 Å². The summed E-state index contributed by atoms with van der Waals surface area (Å²) in [7, 11) is 0. The number of nitrogens with two attached hydrogens (primary N) is 1. The van der Waals surface area contributed by atoms with Crippen LogP contribution >= 0.6 is 11.3 Å². The quantitative estimate of drug-likeness (QED) is 0.655. The van der Waals surface area contributed by atoms with E-state index in [1.54, 1.807) is 11.3 Å². The lowest BCUT2D eigenvalue weighted by molar-refractivity contribution is 0.993. The van der Waals surface area contributed by atoms with Crippen LogP contribution in [0.2, 0.25) is 0 Å². The van der Waals surface area contributed by atoms with Crippen molar-refractivity contribution in [3.05, 3.63) is 28.8 Å². The van der Waals surface area contributed by atoms with Crippen LogP contribution in [0.4, 0.5) is 5.82 Å². The van der Waals surface area contributed by atoms with Crippen molar-refractivity contribution in [3.8, 4) is 10.7 Å². The molecule has 1 fully saturated rings. The number of rotatable bonds is 4. The lowest BCUT2D eigenvalue weighted by Gasteiger charge is -2.05. The van der Waals surface area contributed by atoms with E-state index in [2.05, 4.69) is 34.5 Å². The van der Waals surface area contributed by atoms with Gasteiger partial charge in [0.1, 0.15) is 5.82 Å². The molecule has 1 saturated carbocycles. The molecule has 4 nitrogen and oxygen atoms in total. The summed E-state index contributed by atoms with van der Waals surface area (Å²) in [6.45, 7) is 2.16. The number of hydrogen-bond acceptors (Lipinski definition) is 5. The van der Waals surface area contributed by atoms with Crippen LogP contribution in [0.1, 0.15) is 36.3 Å². The Labute approximate surface area is 110 Å². The van der Waals surface area contributed by atoms with Crippen LogP contribution in [-0.4, -0.2) is 9.97 Å². The largest absolute Gasteiger partial charge is 0.308 e. The van der Waals surface area contributed by atoms with Gasteiger partial charge in [-0.25, -0.2) is 15.8 Å². The molecule has 0 aromatic carbocycles. The minimum atomic E-state index is 0.601. The highest BCUT2D eigenvalue weighted by atomic mass is 32.1. The fraction of sp³-hybridized carbons (Fsp3) is 0.385. The minimum Gasteiger partial charge on any atom is -0.308 e. The number of aromatic nitrogens is 2. The third-order valence-corrected chi connectivity index (χ3v) is 4.35. The van der Waals surface area contributed by atoms with E-state index >= 15 is 0 Å². The van der Waals surface area contributed by atoms with E-state index in [1.807, 2.05) is 6.07 Å². The summed E-state index contributed by atoms with van der Waals surface area (Å²) < 4.78 is 0. The molecule has 2 aromatic rings. The molecule has 2 heterocycles. The number of hydrazine groups is 1. The van der Waals surface area contributed by atoms with E-state index in [0.29, 0.717) is 11.7 Å². The molecule has 0 amide bonds. The first kappa shape index (κ1) is 11.6. The second-order valence-corrected chi connectivity index (χ2v) is 5.71. The fourth-order valence-corrected chi connectivity index (χ4v) is 2.81. The molecule has 5 heteroatoms. The van der Waals surface area contributed by atoms with Gasteiger partial charge >= 0.3 is 0 Å². The number of nitrogens with zero attached hydrogens (tertiary/aromatic N) is 2. The van der Waals surface area contributed by atoms with Crippen LogP contribution in [0.5, 0.6) is 0 Å². The van der Waals surface area contributed by atoms with Gasteiger partial charge in [0.15, 0.2) is 5.82 Å². The molecule has 94 valence electrons. The third kappa shape index (κ3) is 2.23. The monoisotopic (exact) mass is 260 g/mol. The van der Waals surface area contributed by atoms with Gasteiger partial charge in [-0.15, -0.1) is 11.3 Å². The highest BCUT2D eigenvalue weighted by molar-refractivity contribution is 7.15. The standard InChI is InChI=1S/C13H16N4S/c1-2-9-5-6-11(18-9)13-15-10(8-3-4-8)7-12(16-13)17-14/h5-8H,2-4,14H2,1H3,(H,15,16,17). The molecule has 0 radical (unpaired) electrons. The average molecular weight is 260 g/mol. The van der Waals surface area contributed by atoms with Crippen molar-refractivity contribution in [2.75, 3.05) is 5.43 Å². The summed E-state index contributed by atoms with van der Waals surface area (Å²) >= 11 is 1.75. The van der Waals surface area contributed by atoms with Gasteiger partial charge in [-0.2, -0.15) is 0 Å². The van der Waals surface area contributed by atoms with E-state index in [4.69, 9.17) is 5.84 Å². The Morgan fingerprint density at radius 2 is 2.22 bits per heavy atom. The zero-order chi connectivity index (χ0) is 12.5. The Morgan fingerprint density at radius 1 is 1.39 bits per heavy atom. The van der Waals surface area contributed by atoms with Crippen molar-refractivity contribution in [2.24, 2.45) is 5.84 Å². The first-order chi connectivity index (χ1) is 8.80. The summed E-state index contributed by atoms with van der Waals surface area (Å²) in [5.74, 6) is 7.57. The topological polar surface area (TPSA) is 63.8 Å². The molecule has 0 unspecified atom stereocenters. The van der Waals surface area contributed by atoms with Gasteiger partial charge in [-0.1, -0.05) is 6.92 Å². The maximum Gasteiger partial charge on any atom is 0.171 e. The molecule has 0 saturated heterocycles. The molecule has 1 aliphatic carbocycles. The Morgan fingerprint density at radius 3 is 2.83 bits per heavy atom. The number of nitrogens with one attached hydrogen (secondary N) is 1. The molecule has 0 aliphatic heterocycles. The van der Waals surface area contributed by atoms with Gasteiger partial charge in [-0.05, 0) is 31.4 Å². The number of aryl methyl sites for hydroxylation is 1. The van der Waals surface area contributed by atoms with E-state index in [9.17, 15) is 0 Å². The van der Waals surface area contributed by atoms with Gasteiger partial charge in [0.2, 0.25) is 0 Å². The highest BCUT2D eigenvalue weighted by Crippen LogP contribution is 2.40. The summed E-state index contributed by atoms with van der Waals surface area (Å²) in [5, 5.41) is 0. The molecule has 2 aromatic heterocycles. The van der Waals surface area contributed by atoms with Gasteiger partial charge in [0.05, 0.1) is 4.88 Å². The molecular formula is C13H16N4S. The van der Waals surface area contributed by atoms with Crippen molar-refractivity contribution >= 4 is 17.2 Å². The van der Waals surface area contributed by atoms with Crippen molar-refractivity contribution in [1.82, 2.24) is 9.97 Å². The Kier molecular flexibility index (Phi) is 3.01. The Balaban J connectivity index is 2.01. The maximum atomic E-state index is 5.48. The molecule has 1 aliphatic rings. The zero-order valence-corrected chi connectivity index (χ0v) is 11.1. The SMILES string of the molecule is CCc1ccc(-c2nc(NN)cc(C3CC3)n2)s1. The number of thiophene rings is 1. The molecule has 3 N–H and O–H groups in total. The van der Waals surface area contributed by atoms with E-state index < -0.39 is 0 Å². The van der Waals surface area contributed by atoms with Gasteiger partial charge in [0, 0.05) is 22.6 Å².